The second kappa shape index (κ2) is 32.3. The maximum absolute atomic E-state index is 12.6. The van der Waals surface area contributed by atoms with E-state index < -0.39 is 78.0 Å². The zero-order valence-electron chi connectivity index (χ0n) is 35.4. The molecule has 0 saturated heterocycles. The van der Waals surface area contributed by atoms with Crippen molar-refractivity contribution in [1.82, 2.24) is 25.9 Å². The lowest BCUT2D eigenvalue weighted by molar-refractivity contribution is -0.146. The van der Waals surface area contributed by atoms with Gasteiger partial charge >= 0.3 is 23.9 Å². The van der Waals surface area contributed by atoms with Crippen LogP contribution in [0.3, 0.4) is 0 Å². The van der Waals surface area contributed by atoms with Crippen molar-refractivity contribution in [2.24, 2.45) is 17.8 Å². The Hall–Kier alpha value is -5.41. The Balaban J connectivity index is 2.20. The number of ketones is 4. The van der Waals surface area contributed by atoms with Crippen molar-refractivity contribution < 1.29 is 77.8 Å². The third-order valence-electron chi connectivity index (χ3n) is 9.75. The highest BCUT2D eigenvalue weighted by molar-refractivity contribution is 5.87. The fourth-order valence-electron chi connectivity index (χ4n) is 6.15. The first-order valence-electron chi connectivity index (χ1n) is 20.9. The van der Waals surface area contributed by atoms with Crippen LogP contribution in [0.1, 0.15) is 109 Å². The molecule has 0 bridgehead atoms. The predicted molar refractivity (Wildman–Crippen MR) is 218 cm³/mol. The van der Waals surface area contributed by atoms with E-state index in [2.05, 4.69) is 25.9 Å². The third-order valence-corrected chi connectivity index (χ3v) is 9.75. The lowest BCUT2D eigenvalue weighted by Gasteiger charge is -2.15. The van der Waals surface area contributed by atoms with Crippen LogP contribution in [0, 0.1) is 17.8 Å². The van der Waals surface area contributed by atoms with Gasteiger partial charge in [-0.1, -0.05) is 6.92 Å². The molecule has 1 rings (SSSR count). The largest absolute Gasteiger partial charge is 0.481 e. The summed E-state index contributed by atoms with van der Waals surface area (Å²) in [6.07, 6.45) is 3.54. The Morgan fingerprint density at radius 2 is 1.16 bits per heavy atom. The van der Waals surface area contributed by atoms with E-state index in [1.165, 1.54) is 6.33 Å². The summed E-state index contributed by atoms with van der Waals surface area (Å²) >= 11 is 0. The SMILES string of the molecule is CCCC(=O)C[C@@H](CCC(=O)C[C@@H](CCC(=O)C[C@@H](CCC(=O)NCCOCCOCC(=O)NCCCC[C@H](NCC(=O)CCc1cnc[nH]1)C(=O)O)C(=O)O)C(=O)O)C(=O)O. The Morgan fingerprint density at radius 1 is 0.613 bits per heavy atom. The summed E-state index contributed by atoms with van der Waals surface area (Å²) in [6.45, 7) is 2.19. The molecule has 2 amide bonds. The van der Waals surface area contributed by atoms with Crippen LogP contribution in [0.4, 0.5) is 0 Å². The summed E-state index contributed by atoms with van der Waals surface area (Å²) < 4.78 is 10.6. The maximum atomic E-state index is 12.6. The highest BCUT2D eigenvalue weighted by Crippen LogP contribution is 2.21. The highest BCUT2D eigenvalue weighted by Gasteiger charge is 2.27. The Bertz CT molecular complexity index is 1600. The van der Waals surface area contributed by atoms with Crippen LogP contribution in [0.15, 0.2) is 12.5 Å². The summed E-state index contributed by atoms with van der Waals surface area (Å²) in [5.74, 6) is -10.7. The molecule has 4 atom stereocenters. The molecule has 1 heterocycles. The van der Waals surface area contributed by atoms with E-state index >= 15 is 0 Å². The number of ether oxygens (including phenoxy) is 2. The highest BCUT2D eigenvalue weighted by atomic mass is 16.5. The third kappa shape index (κ3) is 26.7. The number of imidazole rings is 1. The molecule has 1 aromatic rings. The number of carbonyl (C=O) groups excluding carboxylic acids is 6. The van der Waals surface area contributed by atoms with E-state index in [1.807, 2.05) is 0 Å². The van der Waals surface area contributed by atoms with Crippen LogP contribution in [-0.4, -0.2) is 141 Å². The molecule has 0 aliphatic heterocycles. The van der Waals surface area contributed by atoms with Crippen molar-refractivity contribution in [2.45, 2.75) is 116 Å². The number of rotatable bonds is 40. The van der Waals surface area contributed by atoms with Crippen molar-refractivity contribution in [2.75, 3.05) is 46.1 Å². The first-order valence-corrected chi connectivity index (χ1v) is 20.9. The van der Waals surface area contributed by atoms with Gasteiger partial charge in [-0.3, -0.25) is 53.3 Å². The number of aromatic amines is 1. The number of nitrogens with zero attached hydrogens (tertiary/aromatic N) is 1. The first kappa shape index (κ1) is 54.6. The molecule has 0 saturated carbocycles. The van der Waals surface area contributed by atoms with Gasteiger partial charge in [0.1, 0.15) is 35.8 Å². The van der Waals surface area contributed by atoms with Crippen LogP contribution in [-0.2, 0) is 63.8 Å². The van der Waals surface area contributed by atoms with E-state index in [0.29, 0.717) is 32.2 Å². The zero-order chi connectivity index (χ0) is 46.3. The van der Waals surface area contributed by atoms with Crippen LogP contribution in [0.25, 0.3) is 0 Å². The fraction of sp³-hybridized carbons (Fsp3) is 0.683. The Kier molecular flexibility index (Phi) is 28.5. The number of amides is 2. The average Bonchev–Trinajstić information content (AvgIpc) is 3.74. The van der Waals surface area contributed by atoms with Crippen LogP contribution >= 0.6 is 0 Å². The summed E-state index contributed by atoms with van der Waals surface area (Å²) in [6, 6.07) is -0.894. The monoisotopic (exact) mass is 881 g/mol. The Labute approximate surface area is 359 Å². The minimum Gasteiger partial charge on any atom is -0.481 e. The fourth-order valence-corrected chi connectivity index (χ4v) is 6.15. The van der Waals surface area contributed by atoms with Crippen LogP contribution < -0.4 is 16.0 Å². The molecule has 0 fully saturated rings. The van der Waals surface area contributed by atoms with Gasteiger partial charge in [0.25, 0.3) is 0 Å². The lowest BCUT2D eigenvalue weighted by atomic mass is 9.89. The number of carboxylic acid groups (broad SMARTS) is 4. The number of carboxylic acids is 4. The van der Waals surface area contributed by atoms with E-state index in [1.54, 1.807) is 13.1 Å². The quantitative estimate of drug-likeness (QED) is 0.0433. The first-order chi connectivity index (χ1) is 29.5. The number of aryl methyl sites for hydroxylation is 1. The molecular formula is C41H63N5O16. The summed E-state index contributed by atoms with van der Waals surface area (Å²) in [5.41, 5.74) is 0.817. The van der Waals surface area contributed by atoms with Crippen molar-refractivity contribution in [3.63, 3.8) is 0 Å². The van der Waals surface area contributed by atoms with Crippen molar-refractivity contribution in [3.8, 4) is 0 Å². The van der Waals surface area contributed by atoms with Gasteiger partial charge in [-0.2, -0.15) is 0 Å². The summed E-state index contributed by atoms with van der Waals surface area (Å²) in [7, 11) is 0. The number of aliphatic carboxylic acids is 4. The molecule has 0 unspecified atom stereocenters. The van der Waals surface area contributed by atoms with Crippen molar-refractivity contribution in [3.05, 3.63) is 18.2 Å². The number of nitrogens with one attached hydrogen (secondary N) is 4. The maximum Gasteiger partial charge on any atom is 0.320 e. The van der Waals surface area contributed by atoms with Gasteiger partial charge < -0.3 is 45.5 Å². The number of unbranched alkanes of at least 4 members (excludes halogenated alkanes) is 1. The number of hydrogen-bond acceptors (Lipinski definition) is 14. The number of H-pyrrole nitrogens is 1. The normalized spacial score (nSPS) is 13.0. The second-order valence-corrected chi connectivity index (χ2v) is 14.9. The van der Waals surface area contributed by atoms with Gasteiger partial charge in [0.05, 0.1) is 50.4 Å². The minimum absolute atomic E-state index is 0.0651. The molecule has 8 N–H and O–H groups in total. The van der Waals surface area contributed by atoms with Crippen molar-refractivity contribution in [1.29, 1.82) is 0 Å². The lowest BCUT2D eigenvalue weighted by Crippen LogP contribution is -2.40. The van der Waals surface area contributed by atoms with E-state index in [0.717, 1.165) is 5.69 Å². The minimum atomic E-state index is -1.33. The van der Waals surface area contributed by atoms with Gasteiger partial charge in [-0.15, -0.1) is 0 Å². The smallest absolute Gasteiger partial charge is 0.320 e. The molecule has 0 aromatic carbocycles. The molecule has 0 aliphatic rings. The molecule has 0 radical (unpaired) electrons. The van der Waals surface area contributed by atoms with E-state index in [-0.39, 0.29) is 121 Å². The van der Waals surface area contributed by atoms with Gasteiger partial charge in [0.15, 0.2) is 0 Å². The van der Waals surface area contributed by atoms with Gasteiger partial charge in [0, 0.05) is 76.3 Å². The average molecular weight is 882 g/mol. The topological polar surface area (TPSA) is 335 Å². The number of Topliss-reactive ketones (excluding diaryl/α,β-unsaturated/α-hetero) is 4. The molecular weight excluding hydrogens is 818 g/mol. The number of aromatic nitrogens is 2. The summed E-state index contributed by atoms with van der Waals surface area (Å²) in [4.78, 5) is 127. The van der Waals surface area contributed by atoms with E-state index in [9.17, 15) is 68.4 Å². The molecule has 0 aliphatic carbocycles. The number of carbonyl (C=O) groups is 10. The van der Waals surface area contributed by atoms with Gasteiger partial charge in [0.2, 0.25) is 11.8 Å². The molecule has 0 spiro atoms. The second-order valence-electron chi connectivity index (χ2n) is 14.9. The predicted octanol–water partition coefficient (Wildman–Crippen LogP) is 1.51. The number of hydrogen-bond donors (Lipinski definition) is 8. The molecule has 348 valence electrons. The molecule has 21 nitrogen and oxygen atoms in total. The van der Waals surface area contributed by atoms with Crippen LogP contribution in [0.2, 0.25) is 0 Å². The summed E-state index contributed by atoms with van der Waals surface area (Å²) in [5, 5.41) is 46.0. The van der Waals surface area contributed by atoms with Crippen LogP contribution in [0.5, 0.6) is 0 Å². The zero-order valence-corrected chi connectivity index (χ0v) is 35.4. The molecule has 62 heavy (non-hydrogen) atoms. The molecule has 21 heteroatoms. The van der Waals surface area contributed by atoms with Gasteiger partial charge in [-0.25, -0.2) is 4.98 Å². The molecule has 1 aromatic heterocycles. The standard InChI is InChI=1S/C41H63N5O16/c1-2-5-31(47)20-27(38(53)54)7-11-32(48)21-28(39(55)56)8-12-33(49)22-29(40(57)58)9-14-36(51)44-16-17-61-18-19-62-25-37(52)43-15-4-3-6-35(41(59)60)45-24-34(50)13-10-30-23-42-26-46-30/h23,26-29,35,45H,2-22,24-25H2,1H3,(H,42,46)(H,43,52)(H,44,51)(H,53,54)(H,55,56)(H,57,58)(H,59,60)/t27-,28-,29-,35+/m1/s1. The van der Waals surface area contributed by atoms with E-state index in [4.69, 9.17) is 9.47 Å². The Morgan fingerprint density at radius 3 is 1.69 bits per heavy atom. The van der Waals surface area contributed by atoms with Gasteiger partial charge in [-0.05, 0) is 51.4 Å². The van der Waals surface area contributed by atoms with Crippen molar-refractivity contribution >= 4 is 58.8 Å².